The lowest BCUT2D eigenvalue weighted by molar-refractivity contribution is 0.746. The third-order valence-electron chi connectivity index (χ3n) is 1.80. The number of aromatic nitrogens is 2. The average Bonchev–Trinajstić information content (AvgIpc) is 2.54. The van der Waals surface area contributed by atoms with E-state index in [0.29, 0.717) is 0 Å². The molecule has 1 heterocycles. The highest BCUT2D eigenvalue weighted by atomic mass is 32.1. The van der Waals surface area contributed by atoms with Crippen LogP contribution in [0.1, 0.15) is 18.4 Å². The predicted molar refractivity (Wildman–Crippen MR) is 56.2 cm³/mol. The van der Waals surface area contributed by atoms with Gasteiger partial charge in [0.2, 0.25) is 5.13 Å². The molecule has 0 saturated heterocycles. The maximum Gasteiger partial charge on any atom is 0.208 e. The van der Waals surface area contributed by atoms with Crippen LogP contribution in [-0.4, -0.2) is 29.8 Å². The van der Waals surface area contributed by atoms with Gasteiger partial charge in [-0.3, -0.25) is 0 Å². The SMILES string of the molecule is CCN(CCCN)c1nnc(C)s1. The van der Waals surface area contributed by atoms with Crippen LogP contribution in [0.15, 0.2) is 0 Å². The molecule has 0 spiro atoms. The standard InChI is InChI=1S/C8H16N4S/c1-3-12(6-4-5-9)8-11-10-7(2)13-8/h3-6,9H2,1-2H3. The molecule has 5 heteroatoms. The summed E-state index contributed by atoms with van der Waals surface area (Å²) in [5.41, 5.74) is 5.46. The van der Waals surface area contributed by atoms with Crippen molar-refractivity contribution in [3.63, 3.8) is 0 Å². The molecule has 0 amide bonds. The zero-order chi connectivity index (χ0) is 9.68. The van der Waals surface area contributed by atoms with E-state index in [-0.39, 0.29) is 0 Å². The molecule has 1 rings (SSSR count). The van der Waals surface area contributed by atoms with E-state index in [1.165, 1.54) is 0 Å². The van der Waals surface area contributed by atoms with Crippen LogP contribution < -0.4 is 10.6 Å². The molecular weight excluding hydrogens is 184 g/mol. The lowest BCUT2D eigenvalue weighted by atomic mass is 10.4. The van der Waals surface area contributed by atoms with Gasteiger partial charge in [-0.05, 0) is 26.8 Å². The van der Waals surface area contributed by atoms with Crippen molar-refractivity contribution < 1.29 is 0 Å². The maximum absolute atomic E-state index is 5.46. The maximum atomic E-state index is 5.46. The summed E-state index contributed by atoms with van der Waals surface area (Å²) in [5.74, 6) is 0. The minimum atomic E-state index is 0.730. The largest absolute Gasteiger partial charge is 0.347 e. The highest BCUT2D eigenvalue weighted by Gasteiger charge is 2.07. The van der Waals surface area contributed by atoms with Gasteiger partial charge in [0.1, 0.15) is 5.01 Å². The molecule has 13 heavy (non-hydrogen) atoms. The van der Waals surface area contributed by atoms with Crippen molar-refractivity contribution >= 4 is 16.5 Å². The molecule has 2 N–H and O–H groups in total. The molecule has 0 aliphatic rings. The van der Waals surface area contributed by atoms with E-state index in [4.69, 9.17) is 5.73 Å². The number of hydrogen-bond donors (Lipinski definition) is 1. The monoisotopic (exact) mass is 200 g/mol. The summed E-state index contributed by atoms with van der Waals surface area (Å²) in [7, 11) is 0. The number of nitrogens with zero attached hydrogens (tertiary/aromatic N) is 3. The topological polar surface area (TPSA) is 55.0 Å². The van der Waals surface area contributed by atoms with Gasteiger partial charge in [0.05, 0.1) is 0 Å². The van der Waals surface area contributed by atoms with Crippen LogP contribution in [-0.2, 0) is 0 Å². The molecule has 0 saturated carbocycles. The summed E-state index contributed by atoms with van der Waals surface area (Å²) in [6.07, 6.45) is 1.01. The van der Waals surface area contributed by atoms with Gasteiger partial charge >= 0.3 is 0 Å². The van der Waals surface area contributed by atoms with Crippen molar-refractivity contribution in [1.29, 1.82) is 0 Å². The smallest absolute Gasteiger partial charge is 0.208 e. The Hall–Kier alpha value is -0.680. The fourth-order valence-electron chi connectivity index (χ4n) is 1.09. The fourth-order valence-corrected chi connectivity index (χ4v) is 1.86. The highest BCUT2D eigenvalue weighted by Crippen LogP contribution is 2.18. The van der Waals surface area contributed by atoms with Gasteiger partial charge in [0.15, 0.2) is 0 Å². The van der Waals surface area contributed by atoms with Crippen LogP contribution in [0.2, 0.25) is 0 Å². The van der Waals surface area contributed by atoms with Crippen molar-refractivity contribution in [2.45, 2.75) is 20.3 Å². The summed E-state index contributed by atoms with van der Waals surface area (Å²) in [6, 6.07) is 0. The molecule has 4 nitrogen and oxygen atoms in total. The third kappa shape index (κ3) is 2.93. The number of hydrogen-bond acceptors (Lipinski definition) is 5. The molecule has 0 fully saturated rings. The quantitative estimate of drug-likeness (QED) is 0.771. The zero-order valence-electron chi connectivity index (χ0n) is 8.16. The van der Waals surface area contributed by atoms with Crippen molar-refractivity contribution in [1.82, 2.24) is 10.2 Å². The van der Waals surface area contributed by atoms with Gasteiger partial charge in [-0.25, -0.2) is 0 Å². The molecule has 0 atom stereocenters. The second kappa shape index (κ2) is 5.14. The lowest BCUT2D eigenvalue weighted by Gasteiger charge is -2.18. The predicted octanol–water partition coefficient (Wildman–Crippen LogP) is 1.02. The molecule has 1 aromatic heterocycles. The van der Waals surface area contributed by atoms with Crippen LogP contribution in [0.5, 0.6) is 0 Å². The fraction of sp³-hybridized carbons (Fsp3) is 0.750. The Morgan fingerprint density at radius 1 is 1.46 bits per heavy atom. The number of anilines is 1. The first-order valence-corrected chi connectivity index (χ1v) is 5.34. The Morgan fingerprint density at radius 3 is 2.69 bits per heavy atom. The number of aryl methyl sites for hydroxylation is 1. The number of nitrogens with two attached hydrogens (primary N) is 1. The third-order valence-corrected chi connectivity index (χ3v) is 2.70. The Morgan fingerprint density at radius 2 is 2.23 bits per heavy atom. The zero-order valence-corrected chi connectivity index (χ0v) is 8.97. The Balaban J connectivity index is 2.56. The second-order valence-electron chi connectivity index (χ2n) is 2.83. The molecule has 0 bridgehead atoms. The minimum Gasteiger partial charge on any atom is -0.347 e. The molecular formula is C8H16N4S. The van der Waals surface area contributed by atoms with E-state index in [1.807, 2.05) is 6.92 Å². The number of rotatable bonds is 5. The first-order valence-electron chi connectivity index (χ1n) is 4.53. The van der Waals surface area contributed by atoms with Gasteiger partial charge in [0.25, 0.3) is 0 Å². The Bertz CT molecular complexity index is 248. The molecule has 0 aliphatic carbocycles. The van der Waals surface area contributed by atoms with Crippen LogP contribution in [0.3, 0.4) is 0 Å². The van der Waals surface area contributed by atoms with Gasteiger partial charge in [-0.15, -0.1) is 10.2 Å². The van der Waals surface area contributed by atoms with E-state index in [2.05, 4.69) is 22.0 Å². The summed E-state index contributed by atoms with van der Waals surface area (Å²) < 4.78 is 0. The summed E-state index contributed by atoms with van der Waals surface area (Å²) in [6.45, 7) is 6.76. The van der Waals surface area contributed by atoms with E-state index in [0.717, 1.165) is 36.2 Å². The second-order valence-corrected chi connectivity index (χ2v) is 3.99. The molecule has 74 valence electrons. The minimum absolute atomic E-state index is 0.730. The lowest BCUT2D eigenvalue weighted by Crippen LogP contribution is -2.25. The van der Waals surface area contributed by atoms with Crippen molar-refractivity contribution in [3.8, 4) is 0 Å². The van der Waals surface area contributed by atoms with E-state index in [1.54, 1.807) is 11.3 Å². The first-order chi connectivity index (χ1) is 6.27. The summed E-state index contributed by atoms with van der Waals surface area (Å²) >= 11 is 1.63. The summed E-state index contributed by atoms with van der Waals surface area (Å²) in [5, 5.41) is 10.1. The van der Waals surface area contributed by atoms with Crippen molar-refractivity contribution in [2.24, 2.45) is 5.73 Å². The summed E-state index contributed by atoms with van der Waals surface area (Å²) in [4.78, 5) is 2.21. The van der Waals surface area contributed by atoms with E-state index in [9.17, 15) is 0 Å². The molecule has 0 unspecified atom stereocenters. The van der Waals surface area contributed by atoms with Crippen molar-refractivity contribution in [3.05, 3.63) is 5.01 Å². The van der Waals surface area contributed by atoms with Gasteiger partial charge in [0, 0.05) is 13.1 Å². The van der Waals surface area contributed by atoms with Crippen LogP contribution in [0, 0.1) is 6.92 Å². The molecule has 0 aliphatic heterocycles. The van der Waals surface area contributed by atoms with Crippen LogP contribution in [0.4, 0.5) is 5.13 Å². The van der Waals surface area contributed by atoms with E-state index < -0.39 is 0 Å². The molecule has 1 aromatic rings. The highest BCUT2D eigenvalue weighted by molar-refractivity contribution is 7.15. The van der Waals surface area contributed by atoms with Gasteiger partial charge < -0.3 is 10.6 Å². The van der Waals surface area contributed by atoms with Crippen LogP contribution >= 0.6 is 11.3 Å². The normalized spacial score (nSPS) is 10.4. The van der Waals surface area contributed by atoms with Gasteiger partial charge in [-0.1, -0.05) is 11.3 Å². The van der Waals surface area contributed by atoms with Crippen molar-refractivity contribution in [2.75, 3.05) is 24.5 Å². The van der Waals surface area contributed by atoms with E-state index >= 15 is 0 Å². The molecule has 0 aromatic carbocycles. The molecule has 0 radical (unpaired) electrons. The van der Waals surface area contributed by atoms with Gasteiger partial charge in [-0.2, -0.15) is 0 Å². The van der Waals surface area contributed by atoms with Crippen LogP contribution in [0.25, 0.3) is 0 Å². The first kappa shape index (κ1) is 10.4. The Kier molecular flexibility index (Phi) is 4.11. The average molecular weight is 200 g/mol. The Labute approximate surface area is 82.8 Å².